The molecule has 0 fully saturated rings. The zero-order chi connectivity index (χ0) is 23.7. The van der Waals surface area contributed by atoms with Crippen LogP contribution < -0.4 is 0 Å². The van der Waals surface area contributed by atoms with Gasteiger partial charge in [0.25, 0.3) is 0 Å². The molecule has 0 aliphatic carbocycles. The minimum Gasteiger partial charge on any atom is -0.465 e. The fourth-order valence-corrected chi connectivity index (χ4v) is 5.58. The van der Waals surface area contributed by atoms with Gasteiger partial charge in [-0.25, -0.2) is 8.42 Å². The van der Waals surface area contributed by atoms with Crippen molar-refractivity contribution in [3.05, 3.63) is 65.2 Å². The number of carbonyl (C=O) groups is 1. The Labute approximate surface area is 182 Å². The summed E-state index contributed by atoms with van der Waals surface area (Å²) < 4.78 is 70.9. The van der Waals surface area contributed by atoms with Crippen molar-refractivity contribution in [2.75, 3.05) is 6.61 Å². The molecule has 0 amide bonds. The SMILES string of the molecule is CCOC(=O)C(C#N)C1(C#N)c2ccccc2S(=O)(=O)N1Cc1ccc(C(F)(F)F)cc1. The van der Waals surface area contributed by atoms with Gasteiger partial charge in [0.15, 0.2) is 11.5 Å². The minimum atomic E-state index is -4.58. The van der Waals surface area contributed by atoms with Gasteiger partial charge in [0.05, 0.1) is 29.2 Å². The maximum absolute atomic E-state index is 13.3. The van der Waals surface area contributed by atoms with Crippen LogP contribution in [0.3, 0.4) is 0 Å². The fourth-order valence-electron chi connectivity index (χ4n) is 3.65. The Hall–Kier alpha value is -3.41. The Bertz CT molecular complexity index is 1230. The predicted molar refractivity (Wildman–Crippen MR) is 104 cm³/mol. The number of nitrogens with zero attached hydrogens (tertiary/aromatic N) is 3. The predicted octanol–water partition coefficient (Wildman–Crippen LogP) is 3.33. The maximum atomic E-state index is 13.3. The Morgan fingerprint density at radius 3 is 2.31 bits per heavy atom. The molecule has 2 atom stereocenters. The van der Waals surface area contributed by atoms with Gasteiger partial charge in [-0.15, -0.1) is 0 Å². The smallest absolute Gasteiger partial charge is 0.416 e. The number of nitriles is 2. The van der Waals surface area contributed by atoms with Crippen molar-refractivity contribution in [1.82, 2.24) is 4.31 Å². The Morgan fingerprint density at radius 1 is 1.16 bits per heavy atom. The minimum absolute atomic E-state index is 0.0750. The molecule has 0 N–H and O–H groups in total. The van der Waals surface area contributed by atoms with E-state index in [0.717, 1.165) is 24.3 Å². The largest absolute Gasteiger partial charge is 0.465 e. The van der Waals surface area contributed by atoms with Crippen LogP contribution in [0.25, 0.3) is 0 Å². The molecule has 3 rings (SSSR count). The molecule has 2 unspecified atom stereocenters. The molecule has 0 spiro atoms. The van der Waals surface area contributed by atoms with Gasteiger partial charge in [0, 0.05) is 12.1 Å². The van der Waals surface area contributed by atoms with Gasteiger partial charge in [-0.2, -0.15) is 28.0 Å². The highest BCUT2D eigenvalue weighted by atomic mass is 32.2. The number of fused-ring (bicyclic) bond motifs is 1. The van der Waals surface area contributed by atoms with Crippen molar-refractivity contribution in [3.63, 3.8) is 0 Å². The van der Waals surface area contributed by atoms with Crippen LogP contribution in [0.1, 0.15) is 23.6 Å². The van der Waals surface area contributed by atoms with E-state index in [-0.39, 0.29) is 22.6 Å². The van der Waals surface area contributed by atoms with E-state index in [0.29, 0.717) is 4.31 Å². The van der Waals surface area contributed by atoms with Crippen molar-refractivity contribution in [2.24, 2.45) is 5.92 Å². The number of hydrogen-bond donors (Lipinski definition) is 0. The molecule has 166 valence electrons. The molecule has 2 aromatic carbocycles. The highest BCUT2D eigenvalue weighted by Crippen LogP contribution is 2.49. The molecule has 0 radical (unpaired) electrons. The molecule has 1 heterocycles. The molecule has 7 nitrogen and oxygen atoms in total. The lowest BCUT2D eigenvalue weighted by atomic mass is 9.79. The molecule has 11 heteroatoms. The maximum Gasteiger partial charge on any atom is 0.416 e. The zero-order valence-electron chi connectivity index (χ0n) is 16.6. The van der Waals surface area contributed by atoms with Gasteiger partial charge in [-0.05, 0) is 30.7 Å². The zero-order valence-corrected chi connectivity index (χ0v) is 17.4. The van der Waals surface area contributed by atoms with Gasteiger partial charge < -0.3 is 4.74 Å². The molecule has 0 saturated heterocycles. The summed E-state index contributed by atoms with van der Waals surface area (Å²) in [6.45, 7) is 0.844. The lowest BCUT2D eigenvalue weighted by molar-refractivity contribution is -0.149. The molecule has 0 saturated carbocycles. The summed E-state index contributed by atoms with van der Waals surface area (Å²) in [4.78, 5) is 12.3. The van der Waals surface area contributed by atoms with E-state index in [4.69, 9.17) is 4.74 Å². The van der Waals surface area contributed by atoms with Gasteiger partial charge >= 0.3 is 12.1 Å². The summed E-state index contributed by atoms with van der Waals surface area (Å²) in [6.07, 6.45) is -4.58. The Morgan fingerprint density at radius 2 is 1.78 bits per heavy atom. The van der Waals surface area contributed by atoms with Crippen LogP contribution in [0.5, 0.6) is 0 Å². The highest BCUT2D eigenvalue weighted by molar-refractivity contribution is 7.89. The van der Waals surface area contributed by atoms with Crippen molar-refractivity contribution in [2.45, 2.75) is 30.1 Å². The monoisotopic (exact) mass is 463 g/mol. The molecule has 2 aromatic rings. The normalized spacial score (nSPS) is 20.6. The van der Waals surface area contributed by atoms with Crippen LogP contribution >= 0.6 is 0 Å². The second-order valence-corrected chi connectivity index (χ2v) is 8.73. The lowest BCUT2D eigenvalue weighted by Crippen LogP contribution is -2.50. The highest BCUT2D eigenvalue weighted by Gasteiger charge is 2.61. The van der Waals surface area contributed by atoms with E-state index in [1.807, 2.05) is 6.07 Å². The van der Waals surface area contributed by atoms with E-state index in [9.17, 15) is 36.9 Å². The summed E-state index contributed by atoms with van der Waals surface area (Å²) in [5.74, 6) is -2.92. The van der Waals surface area contributed by atoms with Gasteiger partial charge in [-0.3, -0.25) is 4.79 Å². The van der Waals surface area contributed by atoms with E-state index < -0.39 is 45.7 Å². The number of benzene rings is 2. The molecule has 0 aromatic heterocycles. The van der Waals surface area contributed by atoms with Crippen molar-refractivity contribution >= 4 is 16.0 Å². The molecule has 32 heavy (non-hydrogen) atoms. The molecular formula is C21H16F3N3O4S. The topological polar surface area (TPSA) is 111 Å². The number of hydrogen-bond acceptors (Lipinski definition) is 6. The number of halogens is 3. The second-order valence-electron chi connectivity index (χ2n) is 6.89. The molecule has 0 bridgehead atoms. The summed E-state index contributed by atoms with van der Waals surface area (Å²) in [5, 5.41) is 19.9. The first-order valence-electron chi connectivity index (χ1n) is 9.30. The fraction of sp³-hybridized carbons (Fsp3) is 0.286. The van der Waals surface area contributed by atoms with Gasteiger partial charge in [0.2, 0.25) is 10.0 Å². The lowest BCUT2D eigenvalue weighted by Gasteiger charge is -2.33. The Balaban J connectivity index is 2.19. The summed E-state index contributed by atoms with van der Waals surface area (Å²) in [5.41, 5.74) is -3.13. The van der Waals surface area contributed by atoms with Gasteiger partial charge in [-0.1, -0.05) is 30.3 Å². The molecular weight excluding hydrogens is 447 g/mol. The quantitative estimate of drug-likeness (QED) is 0.629. The average molecular weight is 463 g/mol. The first kappa shape index (κ1) is 23.3. The van der Waals surface area contributed by atoms with E-state index in [1.165, 1.54) is 31.2 Å². The van der Waals surface area contributed by atoms with Crippen LogP contribution in [0.15, 0.2) is 53.4 Å². The summed E-state index contributed by atoms with van der Waals surface area (Å²) >= 11 is 0. The van der Waals surface area contributed by atoms with Crippen LogP contribution in [0.2, 0.25) is 0 Å². The Kier molecular flexibility index (Phi) is 6.00. The van der Waals surface area contributed by atoms with E-state index in [2.05, 4.69) is 0 Å². The third-order valence-electron chi connectivity index (χ3n) is 5.11. The number of alkyl halides is 3. The average Bonchev–Trinajstić information content (AvgIpc) is 2.94. The van der Waals surface area contributed by atoms with Crippen molar-refractivity contribution in [3.8, 4) is 12.1 Å². The van der Waals surface area contributed by atoms with Crippen LogP contribution in [0.4, 0.5) is 13.2 Å². The number of sulfonamides is 1. The third-order valence-corrected chi connectivity index (χ3v) is 7.02. The molecule has 1 aliphatic heterocycles. The number of rotatable bonds is 5. The number of esters is 1. The van der Waals surface area contributed by atoms with Crippen LogP contribution in [-0.4, -0.2) is 25.3 Å². The first-order chi connectivity index (χ1) is 15.0. The van der Waals surface area contributed by atoms with Crippen LogP contribution in [0, 0.1) is 28.6 Å². The number of ether oxygens (including phenoxy) is 1. The van der Waals surface area contributed by atoms with Gasteiger partial charge in [0.1, 0.15) is 0 Å². The first-order valence-corrected chi connectivity index (χ1v) is 10.7. The third kappa shape index (κ3) is 3.60. The summed E-state index contributed by atoms with van der Waals surface area (Å²) in [7, 11) is -4.38. The van der Waals surface area contributed by atoms with Crippen molar-refractivity contribution < 1.29 is 31.1 Å². The molecule has 1 aliphatic rings. The van der Waals surface area contributed by atoms with E-state index in [1.54, 1.807) is 6.07 Å². The van der Waals surface area contributed by atoms with E-state index >= 15 is 0 Å². The summed E-state index contributed by atoms with van der Waals surface area (Å²) in [6, 6.07) is 12.7. The second kappa shape index (κ2) is 8.26. The standard InChI is InChI=1S/C21H16F3N3O4S/c1-2-31-19(28)17(11-25)20(13-26)16-5-3-4-6-18(16)32(29,30)27(20)12-14-7-9-15(10-8-14)21(22,23)24/h3-10,17H,2,12H2,1H3. The van der Waals surface area contributed by atoms with Crippen molar-refractivity contribution in [1.29, 1.82) is 10.5 Å². The number of carbonyl (C=O) groups excluding carboxylic acids is 1. The van der Waals surface area contributed by atoms with Crippen LogP contribution in [-0.2, 0) is 37.8 Å².